The number of likely N-dealkylation sites (tertiary alicyclic amines) is 1. The van der Waals surface area contributed by atoms with Crippen molar-refractivity contribution in [2.24, 2.45) is 5.92 Å². The maximum Gasteiger partial charge on any atom is 0.226 e. The second kappa shape index (κ2) is 9.67. The van der Waals surface area contributed by atoms with E-state index in [9.17, 15) is 4.79 Å². The fourth-order valence-corrected chi connectivity index (χ4v) is 6.73. The fraction of sp³-hybridized carbons (Fsp3) is 0.370. The average Bonchev–Trinajstić information content (AvgIpc) is 2.96. The van der Waals surface area contributed by atoms with E-state index in [4.69, 9.17) is 4.98 Å². The molecule has 3 heterocycles. The third kappa shape index (κ3) is 4.78. The summed E-state index contributed by atoms with van der Waals surface area (Å²) in [5.41, 5.74) is 7.69. The van der Waals surface area contributed by atoms with Crippen LogP contribution in [0.2, 0.25) is 0 Å². The molecule has 2 aromatic heterocycles. The van der Waals surface area contributed by atoms with Crippen LogP contribution in [0.25, 0.3) is 0 Å². The Kier molecular flexibility index (Phi) is 6.66. The van der Waals surface area contributed by atoms with Crippen molar-refractivity contribution in [1.82, 2.24) is 14.9 Å². The number of rotatable bonds is 3. The van der Waals surface area contributed by atoms with Crippen molar-refractivity contribution in [3.05, 3.63) is 91.4 Å². The number of aryl methyl sites for hydroxylation is 3. The van der Waals surface area contributed by atoms with Gasteiger partial charge in [-0.2, -0.15) is 0 Å². The summed E-state index contributed by atoms with van der Waals surface area (Å²) in [6.07, 6.45) is 9.90. The molecule has 1 unspecified atom stereocenters. The van der Waals surface area contributed by atoms with Crippen LogP contribution in [-0.4, -0.2) is 33.9 Å². The maximum absolute atomic E-state index is 12.9. The highest BCUT2D eigenvalue weighted by atomic mass is 79.9. The van der Waals surface area contributed by atoms with Crippen molar-refractivity contribution < 1.29 is 4.79 Å². The third-order valence-electron chi connectivity index (χ3n) is 7.07. The molecule has 1 aliphatic heterocycles. The minimum Gasteiger partial charge on any atom is -0.342 e. The van der Waals surface area contributed by atoms with Gasteiger partial charge >= 0.3 is 0 Å². The monoisotopic (exact) mass is 567 g/mol. The number of benzene rings is 1. The van der Waals surface area contributed by atoms with Crippen molar-refractivity contribution in [2.75, 3.05) is 13.1 Å². The van der Waals surface area contributed by atoms with Crippen LogP contribution in [0, 0.1) is 12.8 Å². The lowest BCUT2D eigenvalue weighted by molar-refractivity contribution is -0.131. The Morgan fingerprint density at radius 3 is 2.55 bits per heavy atom. The predicted molar refractivity (Wildman–Crippen MR) is 137 cm³/mol. The van der Waals surface area contributed by atoms with Gasteiger partial charge in [0.2, 0.25) is 5.91 Å². The standard InChI is InChI=1S/C27H27Br2N3O/c1-17-12-20-2-3-21-15-22(28)16-31-27(21)26(25(20)23(29)13-17)19-6-10-32(11-7-19)24(33)14-18-4-8-30-9-5-18/h4-5,8-9,12-13,15-16,19,26H,2-3,6-7,10-11,14H2,1H3. The Balaban J connectivity index is 1.42. The number of hydrogen-bond acceptors (Lipinski definition) is 3. The lowest BCUT2D eigenvalue weighted by atomic mass is 9.76. The Labute approximate surface area is 212 Å². The number of amides is 1. The number of nitrogens with zero attached hydrogens (tertiary/aromatic N) is 3. The molecule has 0 saturated carbocycles. The van der Waals surface area contributed by atoms with Crippen molar-refractivity contribution in [3.8, 4) is 0 Å². The Morgan fingerprint density at radius 2 is 1.79 bits per heavy atom. The van der Waals surface area contributed by atoms with Crippen LogP contribution < -0.4 is 0 Å². The molecule has 33 heavy (non-hydrogen) atoms. The number of aromatic nitrogens is 2. The molecule has 1 amide bonds. The molecule has 170 valence electrons. The number of carbonyl (C=O) groups excluding carboxylic acids is 1. The highest BCUT2D eigenvalue weighted by Gasteiger charge is 2.36. The zero-order chi connectivity index (χ0) is 22.9. The average molecular weight is 569 g/mol. The first-order valence-electron chi connectivity index (χ1n) is 11.6. The lowest BCUT2D eigenvalue weighted by Crippen LogP contribution is -2.40. The Hall–Kier alpha value is -2.05. The number of fused-ring (bicyclic) bond motifs is 2. The molecule has 2 aliphatic rings. The van der Waals surface area contributed by atoms with E-state index in [2.05, 4.69) is 62.0 Å². The van der Waals surface area contributed by atoms with Gasteiger partial charge in [-0.1, -0.05) is 22.0 Å². The van der Waals surface area contributed by atoms with Gasteiger partial charge in [0.15, 0.2) is 0 Å². The first kappa shape index (κ1) is 22.7. The molecule has 1 aromatic carbocycles. The van der Waals surface area contributed by atoms with Crippen LogP contribution in [0.1, 0.15) is 52.3 Å². The molecule has 5 rings (SSSR count). The summed E-state index contributed by atoms with van der Waals surface area (Å²) in [5.74, 6) is 0.913. The molecule has 3 aromatic rings. The van der Waals surface area contributed by atoms with E-state index < -0.39 is 0 Å². The van der Waals surface area contributed by atoms with E-state index in [-0.39, 0.29) is 11.8 Å². The van der Waals surface area contributed by atoms with Gasteiger partial charge in [0.1, 0.15) is 0 Å². The molecular formula is C27H27Br2N3O. The summed E-state index contributed by atoms with van der Waals surface area (Å²) in [6.45, 7) is 3.77. The number of halogens is 2. The van der Waals surface area contributed by atoms with E-state index in [0.29, 0.717) is 12.3 Å². The maximum atomic E-state index is 12.9. The summed E-state index contributed by atoms with van der Waals surface area (Å²) in [7, 11) is 0. The molecule has 1 aliphatic carbocycles. The lowest BCUT2D eigenvalue weighted by Gasteiger charge is -2.37. The molecule has 0 bridgehead atoms. The zero-order valence-corrected chi connectivity index (χ0v) is 21.9. The molecule has 0 radical (unpaired) electrons. The smallest absolute Gasteiger partial charge is 0.226 e. The molecule has 1 fully saturated rings. The van der Waals surface area contributed by atoms with Gasteiger partial charge in [0.05, 0.1) is 12.1 Å². The third-order valence-corrected chi connectivity index (χ3v) is 8.16. The SMILES string of the molecule is Cc1cc(Br)c2c(c1)CCc1cc(Br)cnc1C2C1CCN(C(=O)Cc2ccncc2)CC1. The normalized spacial score (nSPS) is 18.4. The van der Waals surface area contributed by atoms with Crippen molar-refractivity contribution in [3.63, 3.8) is 0 Å². The van der Waals surface area contributed by atoms with Gasteiger partial charge in [-0.25, -0.2) is 0 Å². The molecular weight excluding hydrogens is 542 g/mol. The number of pyridine rings is 2. The first-order valence-corrected chi connectivity index (χ1v) is 13.2. The van der Waals surface area contributed by atoms with Crippen LogP contribution in [-0.2, 0) is 24.1 Å². The molecule has 1 saturated heterocycles. The van der Waals surface area contributed by atoms with Crippen LogP contribution in [0.15, 0.2) is 57.9 Å². The van der Waals surface area contributed by atoms with Gasteiger partial charge < -0.3 is 4.90 Å². The van der Waals surface area contributed by atoms with E-state index in [1.54, 1.807) is 12.4 Å². The van der Waals surface area contributed by atoms with Crippen molar-refractivity contribution >= 4 is 37.8 Å². The van der Waals surface area contributed by atoms with Gasteiger partial charge in [0, 0.05) is 46.5 Å². The summed E-state index contributed by atoms with van der Waals surface area (Å²) < 4.78 is 2.23. The summed E-state index contributed by atoms with van der Waals surface area (Å²) in [4.78, 5) is 24.0. The highest BCUT2D eigenvalue weighted by Crippen LogP contribution is 2.45. The van der Waals surface area contributed by atoms with Gasteiger partial charge in [-0.05, 0) is 107 Å². The summed E-state index contributed by atoms with van der Waals surface area (Å²) in [6, 6.07) is 10.7. The van der Waals surface area contributed by atoms with Crippen LogP contribution in [0.3, 0.4) is 0 Å². The largest absolute Gasteiger partial charge is 0.342 e. The molecule has 0 N–H and O–H groups in total. The quantitative estimate of drug-likeness (QED) is 0.388. The molecule has 1 atom stereocenters. The number of piperidine rings is 1. The second-order valence-electron chi connectivity index (χ2n) is 9.25. The molecule has 4 nitrogen and oxygen atoms in total. The van der Waals surface area contributed by atoms with E-state index in [1.165, 1.54) is 32.4 Å². The first-order chi connectivity index (χ1) is 16.0. The minimum atomic E-state index is 0.208. The van der Waals surface area contributed by atoms with Gasteiger partial charge in [0.25, 0.3) is 0 Å². The number of hydrogen-bond donors (Lipinski definition) is 0. The summed E-state index contributed by atoms with van der Waals surface area (Å²) >= 11 is 7.53. The number of carbonyl (C=O) groups is 1. The van der Waals surface area contributed by atoms with Crippen LogP contribution >= 0.6 is 31.9 Å². The van der Waals surface area contributed by atoms with E-state index in [1.807, 2.05) is 23.2 Å². The van der Waals surface area contributed by atoms with E-state index >= 15 is 0 Å². The van der Waals surface area contributed by atoms with E-state index in [0.717, 1.165) is 48.8 Å². The fourth-order valence-electron chi connectivity index (χ4n) is 5.49. The predicted octanol–water partition coefficient (Wildman–Crippen LogP) is 6.02. The van der Waals surface area contributed by atoms with Crippen LogP contribution in [0.4, 0.5) is 0 Å². The van der Waals surface area contributed by atoms with Crippen molar-refractivity contribution in [1.29, 1.82) is 0 Å². The Bertz CT molecular complexity index is 1170. The van der Waals surface area contributed by atoms with Gasteiger partial charge in [-0.15, -0.1) is 0 Å². The summed E-state index contributed by atoms with van der Waals surface area (Å²) in [5, 5.41) is 0. The van der Waals surface area contributed by atoms with Crippen LogP contribution in [0.5, 0.6) is 0 Å². The highest BCUT2D eigenvalue weighted by molar-refractivity contribution is 9.10. The molecule has 6 heteroatoms. The minimum absolute atomic E-state index is 0.208. The second-order valence-corrected chi connectivity index (χ2v) is 11.0. The zero-order valence-electron chi connectivity index (χ0n) is 18.7. The van der Waals surface area contributed by atoms with Gasteiger partial charge in [-0.3, -0.25) is 14.8 Å². The van der Waals surface area contributed by atoms with Crippen molar-refractivity contribution in [2.45, 2.75) is 44.9 Å². The topological polar surface area (TPSA) is 46.1 Å². The Morgan fingerprint density at radius 1 is 1.06 bits per heavy atom. The molecule has 0 spiro atoms.